The van der Waals surface area contributed by atoms with Crippen LogP contribution in [0.5, 0.6) is 0 Å². The Hall–Kier alpha value is -1.46. The zero-order valence-electron chi connectivity index (χ0n) is 11.8. The monoisotopic (exact) mass is 291 g/mol. The number of carbonyl (C=O) groups excluding carboxylic acids is 1. The van der Waals surface area contributed by atoms with E-state index in [2.05, 4.69) is 22.3 Å². The third kappa shape index (κ3) is 3.77. The van der Waals surface area contributed by atoms with Crippen LogP contribution in [0.2, 0.25) is 0 Å². The number of benzene rings is 1. The van der Waals surface area contributed by atoms with Crippen LogP contribution in [0.15, 0.2) is 24.3 Å². The number of nitrogens with zero attached hydrogens (tertiary/aromatic N) is 1. The quantitative estimate of drug-likeness (QED) is 0.821. The Kier molecular flexibility index (Phi) is 5.09. The molecule has 1 fully saturated rings. The fourth-order valence-electron chi connectivity index (χ4n) is 2.59. The number of carbonyl (C=O) groups is 1. The molecular formula is C15H21N3OS. The van der Waals surface area contributed by atoms with Gasteiger partial charge < -0.3 is 11.1 Å². The number of thiocarbonyl (C=S) groups is 1. The largest absolute Gasteiger partial charge is 0.389 e. The van der Waals surface area contributed by atoms with Gasteiger partial charge in [-0.1, -0.05) is 36.5 Å². The molecule has 4 nitrogen and oxygen atoms in total. The fraction of sp³-hybridized carbons (Fsp3) is 0.467. The summed E-state index contributed by atoms with van der Waals surface area (Å²) in [6.45, 7) is 2.85. The third-order valence-electron chi connectivity index (χ3n) is 3.85. The van der Waals surface area contributed by atoms with E-state index in [0.717, 1.165) is 38.0 Å². The molecule has 5 heteroatoms. The van der Waals surface area contributed by atoms with Gasteiger partial charge >= 0.3 is 0 Å². The van der Waals surface area contributed by atoms with E-state index < -0.39 is 0 Å². The normalized spacial score (nSPS) is 16.9. The predicted molar refractivity (Wildman–Crippen MR) is 84.4 cm³/mol. The number of piperidine rings is 1. The van der Waals surface area contributed by atoms with Gasteiger partial charge in [-0.05, 0) is 31.5 Å². The maximum Gasteiger partial charge on any atom is 0.222 e. The van der Waals surface area contributed by atoms with Gasteiger partial charge in [0.1, 0.15) is 4.99 Å². The lowest BCUT2D eigenvalue weighted by Crippen LogP contribution is -2.39. The summed E-state index contributed by atoms with van der Waals surface area (Å²) in [7, 11) is 1.71. The maximum absolute atomic E-state index is 11.6. The molecule has 0 unspecified atom stereocenters. The lowest BCUT2D eigenvalue weighted by atomic mass is 9.95. The highest BCUT2D eigenvalue weighted by atomic mass is 32.1. The lowest BCUT2D eigenvalue weighted by Gasteiger charge is -2.31. The number of amides is 1. The molecule has 3 N–H and O–H groups in total. The van der Waals surface area contributed by atoms with Gasteiger partial charge in [0, 0.05) is 25.1 Å². The second-order valence-electron chi connectivity index (χ2n) is 5.23. The molecule has 0 spiro atoms. The molecule has 20 heavy (non-hydrogen) atoms. The average Bonchev–Trinajstić information content (AvgIpc) is 2.48. The van der Waals surface area contributed by atoms with E-state index in [1.54, 1.807) is 7.05 Å². The minimum absolute atomic E-state index is 0.172. The first-order valence-electron chi connectivity index (χ1n) is 6.93. The summed E-state index contributed by atoms with van der Waals surface area (Å²) in [5.41, 5.74) is 7.75. The first-order chi connectivity index (χ1) is 9.60. The molecule has 0 radical (unpaired) electrons. The van der Waals surface area contributed by atoms with Crippen molar-refractivity contribution in [2.75, 3.05) is 20.1 Å². The van der Waals surface area contributed by atoms with Crippen molar-refractivity contribution in [1.29, 1.82) is 0 Å². The Labute approximate surface area is 125 Å². The van der Waals surface area contributed by atoms with Gasteiger partial charge in [0.15, 0.2) is 0 Å². The minimum atomic E-state index is 0.172. The Morgan fingerprint density at radius 3 is 2.45 bits per heavy atom. The summed E-state index contributed by atoms with van der Waals surface area (Å²) < 4.78 is 0. The molecule has 108 valence electrons. The summed E-state index contributed by atoms with van der Waals surface area (Å²) in [5, 5.41) is 2.73. The van der Waals surface area contributed by atoms with E-state index in [0.29, 0.717) is 4.99 Å². The molecule has 1 aliphatic rings. The zero-order chi connectivity index (χ0) is 14.5. The standard InChI is InChI=1S/C15H21N3OS/c1-17-15(19)13-6-8-18(9-7-13)10-11-2-4-12(5-3-11)14(16)20/h2-5,13H,6-10H2,1H3,(H2,16,20)(H,17,19). The molecule has 1 amide bonds. The topological polar surface area (TPSA) is 58.4 Å². The third-order valence-corrected chi connectivity index (χ3v) is 4.09. The Morgan fingerprint density at radius 2 is 1.95 bits per heavy atom. The van der Waals surface area contributed by atoms with E-state index >= 15 is 0 Å². The van der Waals surface area contributed by atoms with Crippen molar-refractivity contribution in [3.63, 3.8) is 0 Å². The van der Waals surface area contributed by atoms with Gasteiger partial charge in [-0.2, -0.15) is 0 Å². The van der Waals surface area contributed by atoms with Crippen LogP contribution in [0, 0.1) is 5.92 Å². The minimum Gasteiger partial charge on any atom is -0.389 e. The van der Waals surface area contributed by atoms with Crippen molar-refractivity contribution in [3.05, 3.63) is 35.4 Å². The van der Waals surface area contributed by atoms with Crippen molar-refractivity contribution < 1.29 is 4.79 Å². The van der Waals surface area contributed by atoms with Crippen LogP contribution in [0.1, 0.15) is 24.0 Å². The Bertz CT molecular complexity index is 478. The van der Waals surface area contributed by atoms with E-state index in [-0.39, 0.29) is 11.8 Å². The molecule has 0 atom stereocenters. The van der Waals surface area contributed by atoms with Gasteiger partial charge in [-0.25, -0.2) is 0 Å². The van der Waals surface area contributed by atoms with Crippen molar-refractivity contribution in [2.45, 2.75) is 19.4 Å². The zero-order valence-corrected chi connectivity index (χ0v) is 12.6. The van der Waals surface area contributed by atoms with Crippen LogP contribution in [-0.2, 0) is 11.3 Å². The summed E-state index contributed by atoms with van der Waals surface area (Å²) in [5.74, 6) is 0.346. The second-order valence-corrected chi connectivity index (χ2v) is 5.67. The van der Waals surface area contributed by atoms with Gasteiger partial charge in [0.25, 0.3) is 0 Å². The second kappa shape index (κ2) is 6.81. The van der Waals surface area contributed by atoms with Gasteiger partial charge in [-0.15, -0.1) is 0 Å². The van der Waals surface area contributed by atoms with E-state index in [1.165, 1.54) is 5.56 Å². The fourth-order valence-corrected chi connectivity index (χ4v) is 2.73. The molecule has 0 saturated carbocycles. The average molecular weight is 291 g/mol. The highest BCUT2D eigenvalue weighted by Crippen LogP contribution is 2.19. The van der Waals surface area contributed by atoms with Crippen molar-refractivity contribution >= 4 is 23.1 Å². The van der Waals surface area contributed by atoms with Crippen molar-refractivity contribution in [3.8, 4) is 0 Å². The van der Waals surface area contributed by atoms with Crippen LogP contribution in [0.3, 0.4) is 0 Å². The van der Waals surface area contributed by atoms with Crippen LogP contribution in [0.4, 0.5) is 0 Å². The summed E-state index contributed by atoms with van der Waals surface area (Å²) >= 11 is 4.95. The SMILES string of the molecule is CNC(=O)C1CCN(Cc2ccc(C(N)=S)cc2)CC1. The van der Waals surface area contributed by atoms with Crippen LogP contribution in [-0.4, -0.2) is 35.9 Å². The van der Waals surface area contributed by atoms with Gasteiger partial charge in [0.05, 0.1) is 0 Å². The van der Waals surface area contributed by atoms with Crippen molar-refractivity contribution in [1.82, 2.24) is 10.2 Å². The number of hydrogen-bond donors (Lipinski definition) is 2. The molecule has 1 aromatic rings. The number of nitrogens with one attached hydrogen (secondary N) is 1. The lowest BCUT2D eigenvalue weighted by molar-refractivity contribution is -0.125. The van der Waals surface area contributed by atoms with Crippen LogP contribution >= 0.6 is 12.2 Å². The van der Waals surface area contributed by atoms with Gasteiger partial charge in [0.2, 0.25) is 5.91 Å². The molecule has 2 rings (SSSR count). The smallest absolute Gasteiger partial charge is 0.222 e. The first-order valence-corrected chi connectivity index (χ1v) is 7.33. The molecule has 1 aromatic carbocycles. The number of nitrogens with two attached hydrogens (primary N) is 1. The van der Waals surface area contributed by atoms with E-state index in [1.807, 2.05) is 12.1 Å². The Morgan fingerprint density at radius 1 is 1.35 bits per heavy atom. The highest BCUT2D eigenvalue weighted by molar-refractivity contribution is 7.80. The van der Waals surface area contributed by atoms with E-state index in [9.17, 15) is 4.79 Å². The molecule has 1 aliphatic heterocycles. The molecule has 0 aliphatic carbocycles. The molecular weight excluding hydrogens is 270 g/mol. The van der Waals surface area contributed by atoms with Crippen LogP contribution < -0.4 is 11.1 Å². The van der Waals surface area contributed by atoms with Crippen molar-refractivity contribution in [2.24, 2.45) is 11.7 Å². The summed E-state index contributed by atoms with van der Waals surface area (Å²) in [4.78, 5) is 14.4. The molecule has 0 aromatic heterocycles. The predicted octanol–water partition coefficient (Wildman–Crippen LogP) is 1.28. The molecule has 1 heterocycles. The van der Waals surface area contributed by atoms with E-state index in [4.69, 9.17) is 18.0 Å². The maximum atomic E-state index is 11.6. The summed E-state index contributed by atoms with van der Waals surface area (Å²) in [6, 6.07) is 8.07. The Balaban J connectivity index is 1.86. The molecule has 0 bridgehead atoms. The van der Waals surface area contributed by atoms with Crippen LogP contribution in [0.25, 0.3) is 0 Å². The van der Waals surface area contributed by atoms with Gasteiger partial charge in [-0.3, -0.25) is 9.69 Å². The number of likely N-dealkylation sites (tertiary alicyclic amines) is 1. The highest BCUT2D eigenvalue weighted by Gasteiger charge is 2.23. The first kappa shape index (κ1) is 14.9. The summed E-state index contributed by atoms with van der Waals surface area (Å²) in [6.07, 6.45) is 1.87. The number of hydrogen-bond acceptors (Lipinski definition) is 3. The molecule has 1 saturated heterocycles. The number of rotatable bonds is 4.